The number of carbonyl (C=O) groups is 1. The van der Waals surface area contributed by atoms with E-state index in [9.17, 15) is 4.79 Å². The number of nitrogens with zero attached hydrogens (tertiary/aromatic N) is 1. The lowest BCUT2D eigenvalue weighted by Crippen LogP contribution is -2.26. The van der Waals surface area contributed by atoms with E-state index in [0.717, 1.165) is 30.0 Å². The summed E-state index contributed by atoms with van der Waals surface area (Å²) in [7, 11) is 5.26. The van der Waals surface area contributed by atoms with E-state index in [0.29, 0.717) is 30.2 Å². The summed E-state index contributed by atoms with van der Waals surface area (Å²) in [5.74, 6) is 2.78. The predicted molar refractivity (Wildman–Crippen MR) is 107 cm³/mol. The first-order valence-electron chi connectivity index (χ1n) is 9.18. The molecule has 0 bridgehead atoms. The number of anilines is 1. The van der Waals surface area contributed by atoms with Crippen molar-refractivity contribution in [3.8, 4) is 23.0 Å². The summed E-state index contributed by atoms with van der Waals surface area (Å²) in [4.78, 5) is 14.3. The maximum absolute atomic E-state index is 12.2. The molecule has 28 heavy (non-hydrogen) atoms. The van der Waals surface area contributed by atoms with Gasteiger partial charge in [0.05, 0.1) is 14.2 Å². The van der Waals surface area contributed by atoms with Gasteiger partial charge in [-0.1, -0.05) is 6.07 Å². The van der Waals surface area contributed by atoms with Crippen LogP contribution < -0.4 is 24.3 Å². The third kappa shape index (κ3) is 5.07. The first-order valence-corrected chi connectivity index (χ1v) is 9.18. The van der Waals surface area contributed by atoms with Gasteiger partial charge >= 0.3 is 0 Å². The highest BCUT2D eigenvalue weighted by atomic mass is 16.7. The number of amides is 1. The van der Waals surface area contributed by atoms with Crippen LogP contribution >= 0.6 is 0 Å². The van der Waals surface area contributed by atoms with E-state index in [1.54, 1.807) is 26.4 Å². The van der Waals surface area contributed by atoms with Crippen LogP contribution in [0.3, 0.4) is 0 Å². The Morgan fingerprint density at radius 3 is 2.61 bits per heavy atom. The molecule has 0 fully saturated rings. The normalized spacial score (nSPS) is 12.1. The average Bonchev–Trinajstić information content (AvgIpc) is 3.18. The summed E-state index contributed by atoms with van der Waals surface area (Å²) in [5.41, 5.74) is 1.87. The molecule has 3 rings (SSSR count). The van der Waals surface area contributed by atoms with E-state index < -0.39 is 0 Å². The Hall–Kier alpha value is -2.93. The molecule has 1 aliphatic heterocycles. The minimum absolute atomic E-state index is 0.0307. The topological polar surface area (TPSA) is 69.3 Å². The van der Waals surface area contributed by atoms with Gasteiger partial charge in [-0.25, -0.2) is 0 Å². The zero-order valence-electron chi connectivity index (χ0n) is 16.5. The smallest absolute Gasteiger partial charge is 0.231 e. The summed E-state index contributed by atoms with van der Waals surface area (Å²) in [5, 5.41) is 2.90. The van der Waals surface area contributed by atoms with Gasteiger partial charge in [-0.15, -0.1) is 0 Å². The molecule has 0 saturated heterocycles. The third-order valence-electron chi connectivity index (χ3n) is 4.61. The SMILES string of the molecule is COc1ccc(CCN(C)CCC(=O)Nc2ccc3c(c2)OCO3)cc1OC. The van der Waals surface area contributed by atoms with Crippen LogP contribution in [0.25, 0.3) is 0 Å². The van der Waals surface area contributed by atoms with Gasteiger partial charge in [0.15, 0.2) is 23.0 Å². The monoisotopic (exact) mass is 386 g/mol. The zero-order valence-corrected chi connectivity index (χ0v) is 16.5. The second-order valence-corrected chi connectivity index (χ2v) is 6.61. The van der Waals surface area contributed by atoms with Crippen molar-refractivity contribution in [3.63, 3.8) is 0 Å². The lowest BCUT2D eigenvalue weighted by Gasteiger charge is -2.17. The van der Waals surface area contributed by atoms with Crippen LogP contribution in [0.15, 0.2) is 36.4 Å². The van der Waals surface area contributed by atoms with Gasteiger partial charge in [0.1, 0.15) is 0 Å². The molecule has 1 aliphatic rings. The molecule has 1 amide bonds. The van der Waals surface area contributed by atoms with E-state index >= 15 is 0 Å². The number of rotatable bonds is 9. The molecule has 150 valence electrons. The minimum Gasteiger partial charge on any atom is -0.493 e. The number of methoxy groups -OCH3 is 2. The van der Waals surface area contributed by atoms with Crippen LogP contribution in [0.5, 0.6) is 23.0 Å². The van der Waals surface area contributed by atoms with Crippen LogP contribution in [0.4, 0.5) is 5.69 Å². The summed E-state index contributed by atoms with van der Waals surface area (Å²) in [6.07, 6.45) is 1.28. The molecular formula is C21H26N2O5. The zero-order chi connectivity index (χ0) is 19.9. The standard InChI is InChI=1S/C21H26N2O5/c1-23(10-8-15-4-6-17(25-2)19(12-15)26-3)11-9-21(24)22-16-5-7-18-20(13-16)28-14-27-18/h4-7,12-13H,8-11,14H2,1-3H3,(H,22,24). The van der Waals surface area contributed by atoms with Crippen molar-refractivity contribution in [2.75, 3.05) is 46.5 Å². The highest BCUT2D eigenvalue weighted by molar-refractivity contribution is 5.91. The molecular weight excluding hydrogens is 360 g/mol. The number of ether oxygens (including phenoxy) is 4. The lowest BCUT2D eigenvalue weighted by atomic mass is 10.1. The van der Waals surface area contributed by atoms with Gasteiger partial charge in [0.2, 0.25) is 12.7 Å². The quantitative estimate of drug-likeness (QED) is 0.715. The molecule has 7 nitrogen and oxygen atoms in total. The van der Waals surface area contributed by atoms with Crippen molar-refractivity contribution in [2.24, 2.45) is 0 Å². The highest BCUT2D eigenvalue weighted by Crippen LogP contribution is 2.34. The summed E-state index contributed by atoms with van der Waals surface area (Å²) in [6, 6.07) is 11.3. The fraction of sp³-hybridized carbons (Fsp3) is 0.381. The first kappa shape index (κ1) is 19.8. The van der Waals surface area contributed by atoms with E-state index in [2.05, 4.69) is 10.2 Å². The molecule has 0 atom stereocenters. The molecule has 0 saturated carbocycles. The number of likely N-dealkylation sites (N-methyl/N-ethyl adjacent to an activating group) is 1. The number of hydrogen-bond donors (Lipinski definition) is 1. The highest BCUT2D eigenvalue weighted by Gasteiger charge is 2.14. The van der Waals surface area contributed by atoms with Gasteiger partial charge in [0.25, 0.3) is 0 Å². The molecule has 0 unspecified atom stereocenters. The van der Waals surface area contributed by atoms with Gasteiger partial charge in [0, 0.05) is 31.3 Å². The van der Waals surface area contributed by atoms with Gasteiger partial charge in [-0.2, -0.15) is 0 Å². The van der Waals surface area contributed by atoms with Crippen molar-refractivity contribution in [1.82, 2.24) is 4.90 Å². The fourth-order valence-corrected chi connectivity index (χ4v) is 2.96. The molecule has 2 aromatic carbocycles. The van der Waals surface area contributed by atoms with Crippen molar-refractivity contribution >= 4 is 11.6 Å². The average molecular weight is 386 g/mol. The van der Waals surface area contributed by atoms with Crippen molar-refractivity contribution in [3.05, 3.63) is 42.0 Å². The Morgan fingerprint density at radius 1 is 1.04 bits per heavy atom. The van der Waals surface area contributed by atoms with Crippen LogP contribution in [-0.4, -0.2) is 52.0 Å². The molecule has 1 N–H and O–H groups in total. The second kappa shape index (κ2) is 9.32. The van der Waals surface area contributed by atoms with Gasteiger partial charge in [-0.05, 0) is 43.3 Å². The number of fused-ring (bicyclic) bond motifs is 1. The summed E-state index contributed by atoms with van der Waals surface area (Å²) >= 11 is 0. The Morgan fingerprint density at radius 2 is 1.82 bits per heavy atom. The van der Waals surface area contributed by atoms with E-state index in [1.807, 2.05) is 31.3 Å². The summed E-state index contributed by atoms with van der Waals surface area (Å²) < 4.78 is 21.2. The number of benzene rings is 2. The molecule has 0 aromatic heterocycles. The largest absolute Gasteiger partial charge is 0.493 e. The fourth-order valence-electron chi connectivity index (χ4n) is 2.96. The van der Waals surface area contributed by atoms with Gasteiger partial charge < -0.3 is 29.2 Å². The van der Waals surface area contributed by atoms with E-state index in [-0.39, 0.29) is 12.7 Å². The van der Waals surface area contributed by atoms with E-state index in [1.165, 1.54) is 0 Å². The molecule has 7 heteroatoms. The van der Waals surface area contributed by atoms with Crippen molar-refractivity contribution in [2.45, 2.75) is 12.8 Å². The first-order chi connectivity index (χ1) is 13.6. The molecule has 0 spiro atoms. The van der Waals surface area contributed by atoms with Crippen LogP contribution in [-0.2, 0) is 11.2 Å². The second-order valence-electron chi connectivity index (χ2n) is 6.61. The Balaban J connectivity index is 1.42. The Bertz CT molecular complexity index is 824. The molecule has 0 aliphatic carbocycles. The maximum atomic E-state index is 12.2. The number of carbonyl (C=O) groups excluding carboxylic acids is 1. The van der Waals surface area contributed by atoms with Crippen LogP contribution in [0, 0.1) is 0 Å². The van der Waals surface area contributed by atoms with Crippen molar-refractivity contribution in [1.29, 1.82) is 0 Å². The van der Waals surface area contributed by atoms with E-state index in [4.69, 9.17) is 18.9 Å². The number of nitrogens with one attached hydrogen (secondary N) is 1. The van der Waals surface area contributed by atoms with Crippen molar-refractivity contribution < 1.29 is 23.7 Å². The minimum atomic E-state index is -0.0307. The summed E-state index contributed by atoms with van der Waals surface area (Å²) in [6.45, 7) is 1.73. The maximum Gasteiger partial charge on any atom is 0.231 e. The Kier molecular flexibility index (Phi) is 6.60. The predicted octanol–water partition coefficient (Wildman–Crippen LogP) is 2.94. The molecule has 1 heterocycles. The third-order valence-corrected chi connectivity index (χ3v) is 4.61. The van der Waals surface area contributed by atoms with Gasteiger partial charge in [-0.3, -0.25) is 4.79 Å². The molecule has 2 aromatic rings. The molecule has 0 radical (unpaired) electrons. The lowest BCUT2D eigenvalue weighted by molar-refractivity contribution is -0.116. The van der Waals surface area contributed by atoms with Crippen LogP contribution in [0.1, 0.15) is 12.0 Å². The number of hydrogen-bond acceptors (Lipinski definition) is 6. The van der Waals surface area contributed by atoms with Crippen LogP contribution in [0.2, 0.25) is 0 Å². The Labute approximate surface area is 165 Å².